The summed E-state index contributed by atoms with van der Waals surface area (Å²) in [7, 11) is 0. The van der Waals surface area contributed by atoms with Crippen molar-refractivity contribution in [3.05, 3.63) is 95.1 Å². The van der Waals surface area contributed by atoms with Gasteiger partial charge in [-0.25, -0.2) is 0 Å². The molecule has 2 N–H and O–H groups in total. The molecule has 0 saturated heterocycles. The number of pyridine rings is 1. The van der Waals surface area contributed by atoms with Crippen molar-refractivity contribution in [3.63, 3.8) is 0 Å². The second-order valence-electron chi connectivity index (χ2n) is 7.35. The van der Waals surface area contributed by atoms with E-state index in [1.54, 1.807) is 42.7 Å². The van der Waals surface area contributed by atoms with E-state index in [1.807, 2.05) is 38.1 Å². The Balaban J connectivity index is 1.51. The molecule has 4 aromatic rings. The minimum atomic E-state index is -0.285. The molecule has 2 heterocycles. The van der Waals surface area contributed by atoms with Crippen molar-refractivity contribution in [2.45, 2.75) is 26.8 Å². The first-order valence-corrected chi connectivity index (χ1v) is 10.1. The van der Waals surface area contributed by atoms with Crippen LogP contribution in [-0.2, 0) is 17.8 Å². The van der Waals surface area contributed by atoms with Crippen molar-refractivity contribution < 1.29 is 14.0 Å². The maximum atomic E-state index is 12.9. The zero-order chi connectivity index (χ0) is 21.8. The summed E-state index contributed by atoms with van der Waals surface area (Å²) in [4.78, 5) is 30.1. The Morgan fingerprint density at radius 3 is 2.55 bits per heavy atom. The number of aryl methyl sites for hydroxylation is 2. The summed E-state index contributed by atoms with van der Waals surface area (Å²) >= 11 is 0. The number of para-hydroxylation sites is 2. The number of hydrogen-bond donors (Lipinski definition) is 2. The zero-order valence-corrected chi connectivity index (χ0v) is 17.4. The second-order valence-corrected chi connectivity index (χ2v) is 7.35. The van der Waals surface area contributed by atoms with Crippen LogP contribution < -0.4 is 10.6 Å². The van der Waals surface area contributed by atoms with Gasteiger partial charge in [0.05, 0.1) is 36.0 Å². The molecule has 2 aromatic carbocycles. The van der Waals surface area contributed by atoms with E-state index in [9.17, 15) is 9.59 Å². The van der Waals surface area contributed by atoms with Gasteiger partial charge < -0.3 is 15.1 Å². The Bertz CT molecular complexity index is 1250. The summed E-state index contributed by atoms with van der Waals surface area (Å²) in [6.07, 6.45) is 1.74. The molecule has 0 aliphatic rings. The van der Waals surface area contributed by atoms with E-state index >= 15 is 0 Å². The van der Waals surface area contributed by atoms with E-state index in [0.29, 0.717) is 17.0 Å². The van der Waals surface area contributed by atoms with E-state index in [1.165, 1.54) is 0 Å². The van der Waals surface area contributed by atoms with Crippen molar-refractivity contribution >= 4 is 28.4 Å². The highest BCUT2D eigenvalue weighted by Crippen LogP contribution is 2.23. The molecule has 0 bridgehead atoms. The molecular formula is C25H23N3O3. The predicted octanol–water partition coefficient (Wildman–Crippen LogP) is 4.56. The molecule has 0 aliphatic carbocycles. The predicted molar refractivity (Wildman–Crippen MR) is 120 cm³/mol. The van der Waals surface area contributed by atoms with Gasteiger partial charge in [0.15, 0.2) is 0 Å². The van der Waals surface area contributed by atoms with Gasteiger partial charge in [-0.3, -0.25) is 14.6 Å². The Kier molecular flexibility index (Phi) is 5.80. The van der Waals surface area contributed by atoms with Crippen molar-refractivity contribution in [2.24, 2.45) is 0 Å². The normalized spacial score (nSPS) is 10.8. The van der Waals surface area contributed by atoms with Gasteiger partial charge in [-0.1, -0.05) is 30.3 Å². The van der Waals surface area contributed by atoms with Gasteiger partial charge >= 0.3 is 0 Å². The summed E-state index contributed by atoms with van der Waals surface area (Å²) in [5.41, 5.74) is 4.55. The van der Waals surface area contributed by atoms with E-state index < -0.39 is 0 Å². The SMILES string of the molecule is Cc1nc2ccccc2c(C)c1CC(=O)Nc1ccccc1C(=O)NCc1ccco1. The van der Waals surface area contributed by atoms with Crippen LogP contribution in [0.3, 0.4) is 0 Å². The molecule has 0 saturated carbocycles. The third kappa shape index (κ3) is 4.48. The van der Waals surface area contributed by atoms with Crippen molar-refractivity contribution in [1.29, 1.82) is 0 Å². The molecule has 31 heavy (non-hydrogen) atoms. The van der Waals surface area contributed by atoms with Crippen LogP contribution in [0.5, 0.6) is 0 Å². The molecular weight excluding hydrogens is 390 g/mol. The average Bonchev–Trinajstić information content (AvgIpc) is 3.29. The molecule has 0 radical (unpaired) electrons. The van der Waals surface area contributed by atoms with Crippen LogP contribution in [0, 0.1) is 13.8 Å². The highest BCUT2D eigenvalue weighted by molar-refractivity contribution is 6.04. The number of furan rings is 1. The number of carbonyl (C=O) groups excluding carboxylic acids is 2. The molecule has 0 unspecified atom stereocenters. The van der Waals surface area contributed by atoms with Crippen molar-refractivity contribution in [3.8, 4) is 0 Å². The van der Waals surface area contributed by atoms with E-state index in [0.717, 1.165) is 27.7 Å². The number of aromatic nitrogens is 1. The van der Waals surface area contributed by atoms with Crippen LogP contribution in [0.1, 0.15) is 32.9 Å². The monoisotopic (exact) mass is 413 g/mol. The molecule has 0 aliphatic heterocycles. The molecule has 6 heteroatoms. The smallest absolute Gasteiger partial charge is 0.253 e. The second kappa shape index (κ2) is 8.83. The number of amides is 2. The van der Waals surface area contributed by atoms with Crippen LogP contribution in [0.4, 0.5) is 5.69 Å². The molecule has 0 spiro atoms. The Morgan fingerprint density at radius 1 is 0.968 bits per heavy atom. The van der Waals surface area contributed by atoms with Crippen molar-refractivity contribution in [1.82, 2.24) is 10.3 Å². The summed E-state index contributed by atoms with van der Waals surface area (Å²) in [6.45, 7) is 4.20. The van der Waals surface area contributed by atoms with E-state index in [-0.39, 0.29) is 24.8 Å². The molecule has 0 fully saturated rings. The van der Waals surface area contributed by atoms with Crippen molar-refractivity contribution in [2.75, 3.05) is 5.32 Å². The number of carbonyl (C=O) groups is 2. The lowest BCUT2D eigenvalue weighted by Gasteiger charge is -2.14. The number of benzene rings is 2. The molecule has 4 rings (SSSR count). The first-order valence-electron chi connectivity index (χ1n) is 10.1. The number of rotatable bonds is 6. The van der Waals surface area contributed by atoms with Crippen LogP contribution >= 0.6 is 0 Å². The minimum Gasteiger partial charge on any atom is -0.467 e. The third-order valence-electron chi connectivity index (χ3n) is 5.27. The molecule has 2 amide bonds. The van der Waals surface area contributed by atoms with Crippen LogP contribution in [0.15, 0.2) is 71.3 Å². The fraction of sp³-hybridized carbons (Fsp3) is 0.160. The lowest BCUT2D eigenvalue weighted by molar-refractivity contribution is -0.115. The van der Waals surface area contributed by atoms with Gasteiger partial charge in [-0.05, 0) is 55.3 Å². The molecule has 6 nitrogen and oxygen atoms in total. The first kappa shape index (κ1) is 20.3. The van der Waals surface area contributed by atoms with Gasteiger partial charge in [-0.15, -0.1) is 0 Å². The summed E-state index contributed by atoms with van der Waals surface area (Å²) < 4.78 is 5.24. The fourth-order valence-electron chi connectivity index (χ4n) is 3.65. The Morgan fingerprint density at radius 2 is 1.74 bits per heavy atom. The zero-order valence-electron chi connectivity index (χ0n) is 17.4. The maximum Gasteiger partial charge on any atom is 0.253 e. The third-order valence-corrected chi connectivity index (χ3v) is 5.27. The quantitative estimate of drug-likeness (QED) is 0.485. The number of nitrogens with one attached hydrogen (secondary N) is 2. The van der Waals surface area contributed by atoms with E-state index in [2.05, 4.69) is 15.6 Å². The van der Waals surface area contributed by atoms with Gasteiger partial charge in [0.1, 0.15) is 5.76 Å². The Hall–Kier alpha value is -3.93. The standard InChI is InChI=1S/C25H23N3O3/c1-16-19-9-3-5-11-22(19)27-17(2)21(16)14-24(29)28-23-12-6-4-10-20(23)25(30)26-15-18-8-7-13-31-18/h3-13H,14-15H2,1-2H3,(H,26,30)(H,28,29). The summed E-state index contributed by atoms with van der Waals surface area (Å²) in [6, 6.07) is 18.4. The number of nitrogens with zero attached hydrogens (tertiary/aromatic N) is 1. The van der Waals surface area contributed by atoms with Gasteiger partial charge in [0.2, 0.25) is 5.91 Å². The van der Waals surface area contributed by atoms with Crippen LogP contribution in [0.25, 0.3) is 10.9 Å². The summed E-state index contributed by atoms with van der Waals surface area (Å²) in [5.74, 6) is 0.172. The topological polar surface area (TPSA) is 84.2 Å². The largest absolute Gasteiger partial charge is 0.467 e. The minimum absolute atomic E-state index is 0.178. The lowest BCUT2D eigenvalue weighted by atomic mass is 9.99. The Labute approximate surface area is 180 Å². The summed E-state index contributed by atoms with van der Waals surface area (Å²) in [5, 5.41) is 6.73. The van der Waals surface area contributed by atoms with Gasteiger partial charge in [0, 0.05) is 11.1 Å². The van der Waals surface area contributed by atoms with Gasteiger partial charge in [-0.2, -0.15) is 0 Å². The fourth-order valence-corrected chi connectivity index (χ4v) is 3.65. The number of hydrogen-bond acceptors (Lipinski definition) is 4. The molecule has 156 valence electrons. The van der Waals surface area contributed by atoms with E-state index in [4.69, 9.17) is 4.42 Å². The average molecular weight is 413 g/mol. The van der Waals surface area contributed by atoms with Crippen LogP contribution in [0.2, 0.25) is 0 Å². The number of fused-ring (bicyclic) bond motifs is 1. The van der Waals surface area contributed by atoms with Gasteiger partial charge in [0.25, 0.3) is 5.91 Å². The molecule has 2 aromatic heterocycles. The highest BCUT2D eigenvalue weighted by Gasteiger charge is 2.16. The maximum absolute atomic E-state index is 12.9. The molecule has 0 atom stereocenters. The lowest BCUT2D eigenvalue weighted by Crippen LogP contribution is -2.25. The highest BCUT2D eigenvalue weighted by atomic mass is 16.3. The van der Waals surface area contributed by atoms with Crippen LogP contribution in [-0.4, -0.2) is 16.8 Å². The number of anilines is 1. The first-order chi connectivity index (χ1) is 15.0.